The van der Waals surface area contributed by atoms with Gasteiger partial charge in [-0.3, -0.25) is 0 Å². The molecule has 0 aromatic heterocycles. The fourth-order valence-electron chi connectivity index (χ4n) is 9.36. The summed E-state index contributed by atoms with van der Waals surface area (Å²) in [5.74, 6) is 0.478. The zero-order chi connectivity index (χ0) is 52.9. The normalized spacial score (nSPS) is 11.7. The third-order valence-electron chi connectivity index (χ3n) is 14.0. The van der Waals surface area contributed by atoms with Crippen LogP contribution in [0.4, 0.5) is 0 Å². The standard InChI is InChI=1S/C61H106N2O8S2/c1-5-9-13-17-21-25-29-33-37-41-49-68-55-45-47-57(70-51-43-39-35-31-27-23-19-15-11-7-3)59(53-55)72(64,65)61(63-62)73(66,67)60-54-56(69-50-42-38-34-30-26-22-18-14-10-6-2)46-48-58(60)71-52-44-40-36-32-28-24-20-16-12-8-4/h45-48,53-54H,5-44,49-52H2,1-4H3. The molecule has 0 N–H and O–H groups in total. The summed E-state index contributed by atoms with van der Waals surface area (Å²) in [6.07, 6.45) is 46.1. The molecule has 0 saturated heterocycles. The number of nitrogens with zero attached hydrogens (tertiary/aromatic N) is 2. The molecule has 0 unspecified atom stereocenters. The van der Waals surface area contributed by atoms with E-state index in [4.69, 9.17) is 18.9 Å². The number of benzene rings is 2. The SMILES string of the molecule is CCCCCCCCCCCCOc1ccc(OCCCCCCCCCCCC)c(S(=O)(=O)C(=[N+]=[N-])S(=O)(=O)c2cc(OCCCCCCCCCCCC)ccc2OCCCCCCCCCCCC)c1. The highest BCUT2D eigenvalue weighted by Crippen LogP contribution is 2.36. The molecule has 0 aliphatic rings. The molecule has 0 aliphatic carbocycles. The van der Waals surface area contributed by atoms with Gasteiger partial charge in [0.1, 0.15) is 32.8 Å². The van der Waals surface area contributed by atoms with E-state index in [0.717, 1.165) is 77.0 Å². The lowest BCUT2D eigenvalue weighted by atomic mass is 10.1. The van der Waals surface area contributed by atoms with Crippen molar-refractivity contribution in [3.63, 3.8) is 0 Å². The second-order valence-electron chi connectivity index (χ2n) is 20.7. The molecule has 0 radical (unpaired) electrons. The first kappa shape index (κ1) is 66.0. The lowest BCUT2D eigenvalue weighted by Gasteiger charge is -2.15. The molecule has 2 rings (SSSR count). The lowest BCUT2D eigenvalue weighted by molar-refractivity contribution is 0.00377. The van der Waals surface area contributed by atoms with Crippen molar-refractivity contribution in [1.82, 2.24) is 0 Å². The van der Waals surface area contributed by atoms with Crippen LogP contribution in [-0.2, 0) is 19.7 Å². The van der Waals surface area contributed by atoms with Gasteiger partial charge in [0.05, 0.1) is 26.4 Å². The average molecular weight is 1060 g/mol. The Balaban J connectivity index is 2.29. The van der Waals surface area contributed by atoms with Gasteiger partial charge in [-0.1, -0.05) is 259 Å². The molecule has 0 aliphatic heterocycles. The first-order valence-corrected chi connectivity index (χ1v) is 33.1. The minimum Gasteiger partial charge on any atom is -0.494 e. The van der Waals surface area contributed by atoms with Crippen molar-refractivity contribution >= 4 is 24.1 Å². The summed E-state index contributed by atoms with van der Waals surface area (Å²) >= 11 is 0. The maximum Gasteiger partial charge on any atom is 0.504 e. The lowest BCUT2D eigenvalue weighted by Crippen LogP contribution is -2.27. The van der Waals surface area contributed by atoms with Gasteiger partial charge in [-0.2, -0.15) is 0 Å². The Morgan fingerprint density at radius 3 is 0.795 bits per heavy atom. The maximum absolute atomic E-state index is 14.8. The Labute approximate surface area is 448 Å². The van der Waals surface area contributed by atoms with Crippen molar-refractivity contribution < 1.29 is 40.6 Å². The van der Waals surface area contributed by atoms with Crippen LogP contribution in [0.15, 0.2) is 46.2 Å². The van der Waals surface area contributed by atoms with Gasteiger partial charge in [-0.05, 0) is 49.9 Å². The summed E-state index contributed by atoms with van der Waals surface area (Å²) in [6, 6.07) is 8.94. The highest BCUT2D eigenvalue weighted by Gasteiger charge is 2.47. The number of ether oxygens (including phenoxy) is 4. The zero-order valence-electron chi connectivity index (χ0n) is 47.1. The smallest absolute Gasteiger partial charge is 0.494 e. The summed E-state index contributed by atoms with van der Waals surface area (Å²) in [7, 11) is -10.1. The molecule has 420 valence electrons. The van der Waals surface area contributed by atoms with Crippen molar-refractivity contribution in [2.45, 2.75) is 294 Å². The van der Waals surface area contributed by atoms with Crippen LogP contribution in [-0.4, -0.2) is 52.4 Å². The molecule has 0 saturated carbocycles. The van der Waals surface area contributed by atoms with Crippen molar-refractivity contribution in [2.24, 2.45) is 0 Å². The van der Waals surface area contributed by atoms with E-state index in [-0.39, 0.29) is 36.2 Å². The summed E-state index contributed by atoms with van der Waals surface area (Å²) in [5, 5.41) is 0. The molecule has 0 amide bonds. The number of unbranched alkanes of at least 4 members (excludes halogenated alkanes) is 36. The fraction of sp³-hybridized carbons (Fsp3) is 0.787. The second kappa shape index (κ2) is 44.1. The van der Waals surface area contributed by atoms with E-state index < -0.39 is 33.8 Å². The van der Waals surface area contributed by atoms with Crippen molar-refractivity contribution in [3.05, 3.63) is 41.9 Å². The van der Waals surface area contributed by atoms with Crippen LogP contribution in [0, 0.1) is 0 Å². The molecule has 73 heavy (non-hydrogen) atoms. The fourth-order valence-corrected chi connectivity index (χ4v) is 13.0. The molecule has 2 aromatic rings. The zero-order valence-corrected chi connectivity index (χ0v) is 48.7. The molecule has 0 fully saturated rings. The monoisotopic (exact) mass is 1060 g/mol. The highest BCUT2D eigenvalue weighted by atomic mass is 32.3. The Morgan fingerprint density at radius 1 is 0.342 bits per heavy atom. The van der Waals surface area contributed by atoms with Crippen LogP contribution < -0.4 is 18.9 Å². The van der Waals surface area contributed by atoms with Gasteiger partial charge in [0, 0.05) is 12.1 Å². The molecule has 0 spiro atoms. The van der Waals surface area contributed by atoms with E-state index in [0.29, 0.717) is 26.1 Å². The van der Waals surface area contributed by atoms with Crippen LogP contribution in [0.2, 0.25) is 0 Å². The summed E-state index contributed by atoms with van der Waals surface area (Å²) in [6.45, 7) is 10.2. The van der Waals surface area contributed by atoms with Crippen molar-refractivity contribution in [3.8, 4) is 23.0 Å². The van der Waals surface area contributed by atoms with Crippen LogP contribution in [0.1, 0.15) is 285 Å². The van der Waals surface area contributed by atoms with Gasteiger partial charge in [-0.25, -0.2) is 16.8 Å². The number of hydrogen-bond donors (Lipinski definition) is 0. The predicted molar refractivity (Wildman–Crippen MR) is 305 cm³/mol. The molecule has 0 atom stereocenters. The Morgan fingerprint density at radius 2 is 0.562 bits per heavy atom. The molecule has 10 nitrogen and oxygen atoms in total. The molecule has 2 aromatic carbocycles. The largest absolute Gasteiger partial charge is 0.504 e. The van der Waals surface area contributed by atoms with E-state index in [9.17, 15) is 22.4 Å². The van der Waals surface area contributed by atoms with Gasteiger partial charge in [0.15, 0.2) is 0 Å². The van der Waals surface area contributed by atoms with Gasteiger partial charge in [0.25, 0.3) is 19.7 Å². The molecular formula is C61H106N2O8S2. The summed E-state index contributed by atoms with van der Waals surface area (Å²) in [4.78, 5) is 2.19. The van der Waals surface area contributed by atoms with Gasteiger partial charge < -0.3 is 24.5 Å². The quantitative estimate of drug-likeness (QED) is 0.0210. The van der Waals surface area contributed by atoms with E-state index >= 15 is 0 Å². The highest BCUT2D eigenvalue weighted by molar-refractivity contribution is 8.31. The van der Waals surface area contributed by atoms with Gasteiger partial charge in [-0.15, -0.1) is 4.79 Å². The minimum absolute atomic E-state index is 0.0235. The summed E-state index contributed by atoms with van der Waals surface area (Å²) in [5.41, 5.74) is 10.5. The van der Waals surface area contributed by atoms with Gasteiger partial charge in [0.2, 0.25) is 0 Å². The van der Waals surface area contributed by atoms with Crippen LogP contribution in [0.25, 0.3) is 5.53 Å². The van der Waals surface area contributed by atoms with Crippen molar-refractivity contribution in [2.75, 3.05) is 26.4 Å². The van der Waals surface area contributed by atoms with Gasteiger partial charge >= 0.3 is 4.38 Å². The average Bonchev–Trinajstić information content (AvgIpc) is 3.38. The summed E-state index contributed by atoms with van der Waals surface area (Å²) < 4.78 is 82.2. The first-order chi connectivity index (χ1) is 35.7. The van der Waals surface area contributed by atoms with Crippen molar-refractivity contribution in [1.29, 1.82) is 0 Å². The minimum atomic E-state index is -5.03. The maximum atomic E-state index is 14.8. The Kier molecular flexibility index (Phi) is 39.9. The van der Waals surface area contributed by atoms with Crippen LogP contribution in [0.3, 0.4) is 0 Å². The van der Waals surface area contributed by atoms with Crippen LogP contribution in [0.5, 0.6) is 23.0 Å². The predicted octanol–water partition coefficient (Wildman–Crippen LogP) is 18.7. The van der Waals surface area contributed by atoms with E-state index in [2.05, 4.69) is 32.5 Å². The Hall–Kier alpha value is -3.08. The molecule has 12 heteroatoms. The van der Waals surface area contributed by atoms with E-state index in [1.165, 1.54) is 191 Å². The second-order valence-corrected chi connectivity index (χ2v) is 24.6. The topological polar surface area (TPSA) is 142 Å². The Bertz CT molecular complexity index is 1800. The molecule has 0 heterocycles. The third kappa shape index (κ3) is 30.3. The van der Waals surface area contributed by atoms with E-state index in [1.807, 2.05) is 0 Å². The van der Waals surface area contributed by atoms with E-state index in [1.54, 1.807) is 12.1 Å². The first-order valence-electron chi connectivity index (χ1n) is 30.2. The molecular weight excluding hydrogens is 953 g/mol. The number of sulfone groups is 2. The molecule has 0 bridgehead atoms. The number of rotatable bonds is 50. The van der Waals surface area contributed by atoms with Crippen LogP contribution >= 0.6 is 0 Å². The number of hydrogen-bond acceptors (Lipinski definition) is 8. The third-order valence-corrected chi connectivity index (χ3v) is 18.2.